The summed E-state index contributed by atoms with van der Waals surface area (Å²) in [7, 11) is 1.66. The van der Waals surface area contributed by atoms with Gasteiger partial charge in [0.2, 0.25) is 5.91 Å². The number of thioether (sulfide) groups is 1. The van der Waals surface area contributed by atoms with E-state index in [2.05, 4.69) is 37.4 Å². The standard InChI is InChI=1S/C24H22ClN7O6S/c1-31-18-17(12-3-4-13(12)22(31)34)27-7-14(25)19(18)36-6-5-26-10-24(39-2)11-32(23(35)38-24)15-8-28-21-20(29-15)30-16(33)9-37-21/h7-8,12-13,26H,5-6,9-11H2,1-2H3,(H,29,30,33)/t12?,13?,24-/m1/s1. The van der Waals surface area contributed by atoms with Crippen LogP contribution in [0.5, 0.6) is 11.6 Å². The third kappa shape index (κ3) is 4.36. The second kappa shape index (κ2) is 9.74. The van der Waals surface area contributed by atoms with E-state index in [0.717, 1.165) is 0 Å². The van der Waals surface area contributed by atoms with Crippen molar-refractivity contribution in [1.29, 1.82) is 0 Å². The maximum atomic E-state index is 12.7. The highest BCUT2D eigenvalue weighted by Gasteiger charge is 2.46. The number of fused-ring (bicyclic) bond motifs is 4. The number of aromatic nitrogens is 3. The molecule has 6 rings (SSSR count). The number of amides is 3. The zero-order valence-corrected chi connectivity index (χ0v) is 22.4. The molecule has 5 heterocycles. The van der Waals surface area contributed by atoms with Crippen molar-refractivity contribution in [2.75, 3.05) is 61.3 Å². The molecule has 1 fully saturated rings. The molecule has 0 saturated carbocycles. The third-order valence-electron chi connectivity index (χ3n) is 6.73. The molecule has 0 spiro atoms. The number of anilines is 3. The van der Waals surface area contributed by atoms with Crippen molar-refractivity contribution in [3.8, 4) is 23.5 Å². The average molecular weight is 572 g/mol. The molecule has 2 unspecified atom stereocenters. The second-order valence-electron chi connectivity index (χ2n) is 9.12. The van der Waals surface area contributed by atoms with Crippen molar-refractivity contribution in [3.63, 3.8) is 0 Å². The van der Waals surface area contributed by atoms with Crippen LogP contribution in [0.1, 0.15) is 11.6 Å². The van der Waals surface area contributed by atoms with Crippen LogP contribution in [0.3, 0.4) is 0 Å². The first kappa shape index (κ1) is 25.5. The summed E-state index contributed by atoms with van der Waals surface area (Å²) in [6, 6.07) is 0. The van der Waals surface area contributed by atoms with Gasteiger partial charge in [-0.2, -0.15) is 0 Å². The predicted octanol–water partition coefficient (Wildman–Crippen LogP) is 1.23. The van der Waals surface area contributed by atoms with Gasteiger partial charge in [-0.3, -0.25) is 19.5 Å². The summed E-state index contributed by atoms with van der Waals surface area (Å²) in [5, 5.41) is 6.14. The van der Waals surface area contributed by atoms with E-state index in [1.165, 1.54) is 34.0 Å². The largest absolute Gasteiger partial charge is 0.488 e. The highest BCUT2D eigenvalue weighted by molar-refractivity contribution is 7.99. The van der Waals surface area contributed by atoms with Gasteiger partial charge in [0.1, 0.15) is 23.2 Å². The van der Waals surface area contributed by atoms with E-state index >= 15 is 0 Å². The first-order valence-corrected chi connectivity index (χ1v) is 13.6. The molecule has 3 atom stereocenters. The lowest BCUT2D eigenvalue weighted by Gasteiger charge is -2.36. The van der Waals surface area contributed by atoms with Gasteiger partial charge >= 0.3 is 6.09 Å². The van der Waals surface area contributed by atoms with Crippen LogP contribution in [0.2, 0.25) is 5.02 Å². The smallest absolute Gasteiger partial charge is 0.417 e. The first-order valence-electron chi connectivity index (χ1n) is 12.0. The van der Waals surface area contributed by atoms with Gasteiger partial charge in [0, 0.05) is 26.3 Å². The van der Waals surface area contributed by atoms with Gasteiger partial charge in [-0.15, -0.1) is 11.8 Å². The number of cyclic esters (lactones) is 1. The number of hydrogen-bond donors (Lipinski definition) is 2. The van der Waals surface area contributed by atoms with Crippen molar-refractivity contribution < 1.29 is 28.6 Å². The number of hydrogen-bond acceptors (Lipinski definition) is 11. The minimum absolute atomic E-state index is 0.105. The molecular weight excluding hydrogens is 550 g/mol. The van der Waals surface area contributed by atoms with Crippen LogP contribution in [0.15, 0.2) is 12.4 Å². The van der Waals surface area contributed by atoms with Crippen LogP contribution in [-0.4, -0.2) is 83.9 Å². The van der Waals surface area contributed by atoms with Crippen molar-refractivity contribution in [3.05, 3.63) is 23.1 Å². The van der Waals surface area contributed by atoms with Crippen LogP contribution in [-0.2, 0) is 14.3 Å². The minimum Gasteiger partial charge on any atom is -0.488 e. The zero-order chi connectivity index (χ0) is 27.3. The lowest BCUT2D eigenvalue weighted by molar-refractivity contribution is -0.121. The second-order valence-corrected chi connectivity index (χ2v) is 10.7. The lowest BCUT2D eigenvalue weighted by atomic mass is 9.78. The van der Waals surface area contributed by atoms with Crippen molar-refractivity contribution in [1.82, 2.24) is 20.3 Å². The first-order chi connectivity index (χ1) is 18.8. The molecule has 13 nitrogen and oxygen atoms in total. The molecule has 4 aliphatic rings. The van der Waals surface area contributed by atoms with Crippen LogP contribution in [0.4, 0.5) is 22.1 Å². The number of rotatable bonds is 8. The average Bonchev–Trinajstić information content (AvgIpc) is 3.24. The Morgan fingerprint density at radius 2 is 2.10 bits per heavy atom. The van der Waals surface area contributed by atoms with Gasteiger partial charge in [-0.1, -0.05) is 23.4 Å². The van der Waals surface area contributed by atoms with Crippen molar-refractivity contribution in [2.45, 2.75) is 10.9 Å². The summed E-state index contributed by atoms with van der Waals surface area (Å²) in [6.45, 7) is 1.01. The molecule has 1 aliphatic carbocycles. The monoisotopic (exact) mass is 571 g/mol. The summed E-state index contributed by atoms with van der Waals surface area (Å²) >= 11 is 7.77. The highest BCUT2D eigenvalue weighted by atomic mass is 35.5. The van der Waals surface area contributed by atoms with Crippen molar-refractivity contribution in [2.24, 2.45) is 5.92 Å². The van der Waals surface area contributed by atoms with Crippen LogP contribution in [0, 0.1) is 17.8 Å². The van der Waals surface area contributed by atoms with Crippen LogP contribution < -0.4 is 29.9 Å². The molecule has 1 saturated heterocycles. The van der Waals surface area contributed by atoms with E-state index in [0.29, 0.717) is 35.2 Å². The summed E-state index contributed by atoms with van der Waals surface area (Å²) in [5.41, 5.74) is 1.22. The van der Waals surface area contributed by atoms with Gasteiger partial charge in [-0.05, 0) is 6.26 Å². The molecule has 39 heavy (non-hydrogen) atoms. The number of halogens is 1. The quantitative estimate of drug-likeness (QED) is 0.348. The molecule has 3 aliphatic heterocycles. The molecule has 0 radical (unpaired) electrons. The van der Waals surface area contributed by atoms with Crippen molar-refractivity contribution >= 4 is 58.6 Å². The number of pyridine rings is 1. The number of ether oxygens (including phenoxy) is 3. The fourth-order valence-electron chi connectivity index (χ4n) is 4.65. The molecule has 202 valence electrons. The SMILES string of the molecule is CS[C@]1(CNCCOc2c(Cl)cnc3c2N(C)C(=O)C2C#CC32)CN(c2cnc3c(n2)NC(=O)CO3)C(=O)O1. The van der Waals surface area contributed by atoms with E-state index in [9.17, 15) is 14.4 Å². The van der Waals surface area contributed by atoms with Gasteiger partial charge in [-0.25, -0.2) is 14.8 Å². The fourth-order valence-corrected chi connectivity index (χ4v) is 5.50. The maximum absolute atomic E-state index is 12.7. The summed E-state index contributed by atoms with van der Waals surface area (Å²) in [5.74, 6) is 5.78. The topological polar surface area (TPSA) is 148 Å². The Hall–Kier alpha value is -3.80. The molecular formula is C24H22ClN7O6S. The Bertz CT molecular complexity index is 1460. The molecule has 2 aromatic rings. The van der Waals surface area contributed by atoms with Gasteiger partial charge < -0.3 is 29.7 Å². The Morgan fingerprint density at radius 1 is 1.28 bits per heavy atom. The maximum Gasteiger partial charge on any atom is 0.417 e. The molecule has 0 aromatic carbocycles. The number of nitrogens with one attached hydrogen (secondary N) is 2. The summed E-state index contributed by atoms with van der Waals surface area (Å²) < 4.78 is 16.9. The Morgan fingerprint density at radius 3 is 2.87 bits per heavy atom. The van der Waals surface area contributed by atoms with E-state index in [1.54, 1.807) is 7.05 Å². The van der Waals surface area contributed by atoms with Gasteiger partial charge in [0.15, 0.2) is 28.9 Å². The Balaban J connectivity index is 1.08. The van der Waals surface area contributed by atoms with Gasteiger partial charge in [0.05, 0.1) is 24.4 Å². The number of nitrogens with zero attached hydrogens (tertiary/aromatic N) is 5. The lowest BCUT2D eigenvalue weighted by Crippen LogP contribution is -2.44. The fraction of sp³-hybridized carbons (Fsp3) is 0.417. The number of carbonyl (C=O) groups excluding carboxylic acids is 3. The van der Waals surface area contributed by atoms with E-state index in [4.69, 9.17) is 25.8 Å². The molecule has 2 N–H and O–H groups in total. The highest BCUT2D eigenvalue weighted by Crippen LogP contribution is 2.47. The molecule has 3 amide bonds. The summed E-state index contributed by atoms with van der Waals surface area (Å²) in [6.07, 6.45) is 4.17. The van der Waals surface area contributed by atoms with Gasteiger partial charge in [0.25, 0.3) is 11.8 Å². The van der Waals surface area contributed by atoms with Crippen LogP contribution in [0.25, 0.3) is 0 Å². The van der Waals surface area contributed by atoms with E-state index in [-0.39, 0.29) is 60.9 Å². The normalized spacial score (nSPS) is 24.3. The van der Waals surface area contributed by atoms with Crippen LogP contribution >= 0.6 is 23.4 Å². The number of carbonyl (C=O) groups is 3. The van der Waals surface area contributed by atoms with E-state index < -0.39 is 11.0 Å². The third-order valence-corrected chi connectivity index (χ3v) is 8.10. The predicted molar refractivity (Wildman–Crippen MR) is 141 cm³/mol. The van der Waals surface area contributed by atoms with E-state index in [1.807, 2.05) is 6.26 Å². The Kier molecular flexibility index (Phi) is 6.37. The zero-order valence-electron chi connectivity index (χ0n) is 20.8. The molecule has 15 heteroatoms. The molecule has 0 bridgehead atoms. The Labute approximate surface area is 231 Å². The summed E-state index contributed by atoms with van der Waals surface area (Å²) in [4.78, 5) is 51.8. The minimum atomic E-state index is -0.896. The molecule has 2 aromatic heterocycles.